The standard InChI is InChI=1S/C30H21F6N/c1-20-8-14-25(15-9-20)37(24-6-4-3-5-7-24)26-16-11-22(12-17-26)10-13-23-19-27(29(31,32)33)21(2)18-28(23)30(34,35)36/h3-11,13-16,18-19H,1-2H3/b13-10-. The summed E-state index contributed by atoms with van der Waals surface area (Å²) in [6.45, 7) is 2.99. The van der Waals surface area contributed by atoms with Gasteiger partial charge in [-0.15, -0.1) is 0 Å². The predicted octanol–water partition coefficient (Wildman–Crippen LogP) is 9.58. The molecule has 0 N–H and O–H groups in total. The second-order valence-corrected chi connectivity index (χ2v) is 8.51. The van der Waals surface area contributed by atoms with Crippen LogP contribution in [0, 0.1) is 26.0 Å². The second-order valence-electron chi connectivity index (χ2n) is 8.51. The lowest BCUT2D eigenvalue weighted by Crippen LogP contribution is -2.13. The van der Waals surface area contributed by atoms with E-state index in [0.29, 0.717) is 23.4 Å². The number of halogens is 6. The molecule has 7 heteroatoms. The molecule has 0 aliphatic carbocycles. The van der Waals surface area contributed by atoms with Gasteiger partial charge in [-0.25, -0.2) is 0 Å². The molecule has 4 aromatic carbocycles. The van der Waals surface area contributed by atoms with Crippen molar-refractivity contribution in [1.82, 2.24) is 0 Å². The summed E-state index contributed by atoms with van der Waals surface area (Å²) >= 11 is 0. The van der Waals surface area contributed by atoms with E-state index in [0.717, 1.165) is 29.9 Å². The second kappa shape index (κ2) is 10.1. The van der Waals surface area contributed by atoms with Gasteiger partial charge in [0.05, 0.1) is 16.8 Å². The summed E-state index contributed by atoms with van der Waals surface area (Å²) in [5, 5.41) is 0. The average molecular weight is 509 g/mol. The van der Waals surface area contributed by atoms with Crippen molar-refractivity contribution in [3.05, 3.63) is 124 Å². The van der Waals surface area contributed by atoms with Gasteiger partial charge >= 0.3 is 12.4 Å². The quantitative estimate of drug-likeness (QED) is 0.242. The van der Waals surface area contributed by atoms with Crippen LogP contribution in [0.25, 0.3) is 12.2 Å². The molecule has 0 saturated heterocycles. The van der Waals surface area contributed by atoms with Gasteiger partial charge in [0.2, 0.25) is 0 Å². The molecular weight excluding hydrogens is 488 g/mol. The van der Waals surface area contributed by atoms with Crippen molar-refractivity contribution in [2.45, 2.75) is 26.2 Å². The maximum absolute atomic E-state index is 13.5. The van der Waals surface area contributed by atoms with Gasteiger partial charge < -0.3 is 4.90 Å². The van der Waals surface area contributed by atoms with Gasteiger partial charge in [0.1, 0.15) is 0 Å². The smallest absolute Gasteiger partial charge is 0.303 e. The zero-order chi connectivity index (χ0) is 26.8. The number of para-hydroxylation sites is 1. The fourth-order valence-electron chi connectivity index (χ4n) is 3.91. The lowest BCUT2D eigenvalue weighted by atomic mass is 9.97. The summed E-state index contributed by atoms with van der Waals surface area (Å²) in [4.78, 5) is 1.95. The van der Waals surface area contributed by atoms with Crippen molar-refractivity contribution in [3.8, 4) is 0 Å². The van der Waals surface area contributed by atoms with E-state index in [9.17, 15) is 26.3 Å². The lowest BCUT2D eigenvalue weighted by molar-refractivity contribution is -0.141. The summed E-state index contributed by atoms with van der Waals surface area (Å²) in [6, 6.07) is 27.7. The number of hydrogen-bond donors (Lipinski definition) is 0. The maximum Gasteiger partial charge on any atom is 0.416 e. The highest BCUT2D eigenvalue weighted by molar-refractivity contribution is 5.77. The van der Waals surface area contributed by atoms with Crippen LogP contribution in [0.4, 0.5) is 43.4 Å². The molecule has 0 saturated carbocycles. The third-order valence-electron chi connectivity index (χ3n) is 5.75. The zero-order valence-electron chi connectivity index (χ0n) is 19.9. The summed E-state index contributed by atoms with van der Waals surface area (Å²) in [7, 11) is 0. The topological polar surface area (TPSA) is 3.24 Å². The summed E-state index contributed by atoms with van der Waals surface area (Å²) in [5.74, 6) is 0. The Morgan fingerprint density at radius 2 is 1.27 bits per heavy atom. The Bertz CT molecular complexity index is 1380. The molecular formula is C30H21F6N. The molecule has 1 nitrogen and oxygen atoms in total. The van der Waals surface area contributed by atoms with Gasteiger partial charge in [0, 0.05) is 16.9 Å². The molecule has 0 bridgehead atoms. The minimum absolute atomic E-state index is 0.364. The van der Waals surface area contributed by atoms with Gasteiger partial charge in [-0.2, -0.15) is 26.3 Å². The number of aryl methyl sites for hydroxylation is 2. The Kier molecular flexibility index (Phi) is 7.04. The number of rotatable bonds is 5. The molecule has 0 aliphatic rings. The van der Waals surface area contributed by atoms with Crippen LogP contribution in [0.1, 0.15) is 33.4 Å². The molecule has 37 heavy (non-hydrogen) atoms. The number of benzene rings is 3. The Balaban J connectivity index is 1.70. The van der Waals surface area contributed by atoms with Crippen molar-refractivity contribution in [2.75, 3.05) is 4.90 Å². The van der Waals surface area contributed by atoms with Crippen LogP contribution in [-0.4, -0.2) is 0 Å². The van der Waals surface area contributed by atoms with E-state index < -0.39 is 34.6 Å². The molecule has 0 unspecified atom stereocenters. The molecule has 0 fully saturated rings. The molecule has 188 valence electrons. The first-order chi connectivity index (χ1) is 17.4. The molecule has 4 aromatic rings. The van der Waals surface area contributed by atoms with Crippen LogP contribution in [0.2, 0.25) is 0 Å². The number of nitrogens with zero attached hydrogens (tertiary/aromatic N) is 1. The SMILES string of the molecule is Cc1ccc(N(c2c#cc(/C=C\c3cc(C(F)(F)F)c(C)cc3C(F)(F)F)cc2)c2ccccc2)cc1. The van der Waals surface area contributed by atoms with Gasteiger partial charge in [0.15, 0.2) is 0 Å². The van der Waals surface area contributed by atoms with Gasteiger partial charge in [-0.1, -0.05) is 48.0 Å². The molecule has 0 atom stereocenters. The van der Waals surface area contributed by atoms with Gasteiger partial charge in [0.25, 0.3) is 0 Å². The van der Waals surface area contributed by atoms with Gasteiger partial charge in [-0.05, 0) is 85.6 Å². The number of alkyl halides is 6. The van der Waals surface area contributed by atoms with E-state index in [1.165, 1.54) is 6.08 Å². The molecule has 4 rings (SSSR count). The largest absolute Gasteiger partial charge is 0.416 e. The monoisotopic (exact) mass is 509 g/mol. The summed E-state index contributed by atoms with van der Waals surface area (Å²) in [5.41, 5.74) is 0.530. The highest BCUT2D eigenvalue weighted by Gasteiger charge is 2.38. The molecule has 0 spiro atoms. The Hall–Kier alpha value is -4.18. The summed E-state index contributed by atoms with van der Waals surface area (Å²) < 4.78 is 80.6. The highest BCUT2D eigenvalue weighted by Crippen LogP contribution is 2.39. The number of hydrogen-bond acceptors (Lipinski definition) is 1. The van der Waals surface area contributed by atoms with Crippen molar-refractivity contribution in [2.24, 2.45) is 0 Å². The van der Waals surface area contributed by atoms with E-state index in [4.69, 9.17) is 0 Å². The van der Waals surface area contributed by atoms with Crippen molar-refractivity contribution in [1.29, 1.82) is 0 Å². The van der Waals surface area contributed by atoms with E-state index in [2.05, 4.69) is 12.1 Å². The molecule has 0 aromatic heterocycles. The molecule has 0 aliphatic heterocycles. The van der Waals surface area contributed by atoms with Crippen LogP contribution < -0.4 is 4.90 Å². The van der Waals surface area contributed by atoms with Crippen LogP contribution in [0.5, 0.6) is 0 Å². The average Bonchev–Trinajstić information content (AvgIpc) is 2.84. The fourth-order valence-corrected chi connectivity index (χ4v) is 3.91. The first-order valence-corrected chi connectivity index (χ1v) is 11.3. The Labute approximate surface area is 211 Å². The normalized spacial score (nSPS) is 12.0. The first-order valence-electron chi connectivity index (χ1n) is 11.3. The van der Waals surface area contributed by atoms with Crippen molar-refractivity contribution in [3.63, 3.8) is 0 Å². The van der Waals surface area contributed by atoms with Gasteiger partial charge in [-0.3, -0.25) is 0 Å². The lowest BCUT2D eigenvalue weighted by Gasteiger charge is -2.24. The van der Waals surface area contributed by atoms with Crippen molar-refractivity contribution < 1.29 is 26.3 Å². The van der Waals surface area contributed by atoms with E-state index in [1.54, 1.807) is 12.1 Å². The molecule has 0 heterocycles. The van der Waals surface area contributed by atoms with Crippen molar-refractivity contribution >= 4 is 29.2 Å². The zero-order valence-corrected chi connectivity index (χ0v) is 19.9. The minimum atomic E-state index is -4.81. The third-order valence-corrected chi connectivity index (χ3v) is 5.75. The fraction of sp³-hybridized carbons (Fsp3) is 0.133. The van der Waals surface area contributed by atoms with Crippen LogP contribution in [-0.2, 0) is 12.4 Å². The third kappa shape index (κ3) is 5.97. The first kappa shape index (κ1) is 25.9. The minimum Gasteiger partial charge on any atom is -0.303 e. The molecule has 0 radical (unpaired) electrons. The van der Waals surface area contributed by atoms with Crippen LogP contribution >= 0.6 is 0 Å². The summed E-state index contributed by atoms with van der Waals surface area (Å²) in [6.07, 6.45) is -7.27. The number of anilines is 3. The molecule has 0 amide bonds. The van der Waals surface area contributed by atoms with E-state index in [-0.39, 0.29) is 0 Å². The van der Waals surface area contributed by atoms with Crippen LogP contribution in [0.3, 0.4) is 0 Å². The van der Waals surface area contributed by atoms with E-state index >= 15 is 0 Å². The Morgan fingerprint density at radius 3 is 1.84 bits per heavy atom. The maximum atomic E-state index is 13.5. The Morgan fingerprint density at radius 1 is 0.649 bits per heavy atom. The predicted molar refractivity (Wildman–Crippen MR) is 134 cm³/mol. The van der Waals surface area contributed by atoms with Crippen LogP contribution in [0.15, 0.2) is 78.9 Å². The highest BCUT2D eigenvalue weighted by atomic mass is 19.4. The van der Waals surface area contributed by atoms with E-state index in [1.807, 2.05) is 66.4 Å².